The van der Waals surface area contributed by atoms with Gasteiger partial charge in [0.15, 0.2) is 0 Å². The Morgan fingerprint density at radius 1 is 0.731 bits per heavy atom. The van der Waals surface area contributed by atoms with Crippen LogP contribution in [0, 0.1) is 0 Å². The third kappa shape index (κ3) is 7.10. The highest BCUT2D eigenvalue weighted by Gasteiger charge is 2.48. The molecule has 0 aliphatic carbocycles. The number of hydrogen-bond donors (Lipinski definition) is 0. The van der Waals surface area contributed by atoms with Gasteiger partial charge in [-0.15, -0.1) is 0 Å². The van der Waals surface area contributed by atoms with Crippen molar-refractivity contribution in [1.82, 2.24) is 9.80 Å². The molecule has 0 spiro atoms. The van der Waals surface area contributed by atoms with Crippen molar-refractivity contribution in [1.29, 1.82) is 0 Å². The standard InChI is InChI=1S/C22H48N2O2/c1-10-13-14-15-16-17-18-21(23(11-2)19(4)5)22(25-8,26-9)24(12-3)20(6)7/h19-21H,10-18H2,1-9H3. The van der Waals surface area contributed by atoms with Gasteiger partial charge in [-0.2, -0.15) is 0 Å². The van der Waals surface area contributed by atoms with Crippen LogP contribution >= 0.6 is 0 Å². The van der Waals surface area contributed by atoms with E-state index < -0.39 is 5.91 Å². The molecule has 0 rings (SSSR count). The Morgan fingerprint density at radius 3 is 1.65 bits per heavy atom. The van der Waals surface area contributed by atoms with Crippen LogP contribution in [0.2, 0.25) is 0 Å². The lowest BCUT2D eigenvalue weighted by molar-refractivity contribution is -0.333. The molecular weight excluding hydrogens is 324 g/mol. The Kier molecular flexibility index (Phi) is 13.8. The predicted molar refractivity (Wildman–Crippen MR) is 114 cm³/mol. The molecule has 0 saturated heterocycles. The summed E-state index contributed by atoms with van der Waals surface area (Å²) >= 11 is 0. The summed E-state index contributed by atoms with van der Waals surface area (Å²) in [5, 5.41) is 0. The maximum atomic E-state index is 6.15. The van der Waals surface area contributed by atoms with Crippen LogP contribution in [0.5, 0.6) is 0 Å². The number of hydrogen-bond acceptors (Lipinski definition) is 4. The second-order valence-electron chi connectivity index (χ2n) is 7.92. The van der Waals surface area contributed by atoms with Crippen molar-refractivity contribution in [3.05, 3.63) is 0 Å². The monoisotopic (exact) mass is 372 g/mol. The van der Waals surface area contributed by atoms with E-state index >= 15 is 0 Å². The Labute approximate surface area is 164 Å². The fourth-order valence-electron chi connectivity index (χ4n) is 4.35. The van der Waals surface area contributed by atoms with Gasteiger partial charge in [-0.3, -0.25) is 4.90 Å². The van der Waals surface area contributed by atoms with Gasteiger partial charge < -0.3 is 9.47 Å². The van der Waals surface area contributed by atoms with Gasteiger partial charge in [-0.1, -0.05) is 59.3 Å². The summed E-state index contributed by atoms with van der Waals surface area (Å²) in [5.41, 5.74) is 0. The van der Waals surface area contributed by atoms with Gasteiger partial charge in [-0.05, 0) is 40.7 Å². The summed E-state index contributed by atoms with van der Waals surface area (Å²) in [6, 6.07) is 1.04. The number of methoxy groups -OCH3 is 2. The summed E-state index contributed by atoms with van der Waals surface area (Å²) in [5.74, 6) is -0.702. The maximum absolute atomic E-state index is 6.15. The maximum Gasteiger partial charge on any atom is 0.246 e. The van der Waals surface area contributed by atoms with Crippen molar-refractivity contribution >= 4 is 0 Å². The smallest absolute Gasteiger partial charge is 0.246 e. The van der Waals surface area contributed by atoms with Gasteiger partial charge >= 0.3 is 0 Å². The zero-order valence-corrected chi connectivity index (χ0v) is 19.3. The molecule has 4 nitrogen and oxygen atoms in total. The highest BCUT2D eigenvalue weighted by molar-refractivity contribution is 4.90. The van der Waals surface area contributed by atoms with Crippen LogP contribution in [0.15, 0.2) is 0 Å². The van der Waals surface area contributed by atoms with E-state index in [2.05, 4.69) is 58.3 Å². The molecule has 0 aliphatic rings. The first kappa shape index (κ1) is 25.8. The molecular formula is C22H48N2O2. The predicted octanol–water partition coefficient (Wildman–Crippen LogP) is 5.51. The van der Waals surface area contributed by atoms with Gasteiger partial charge in [-0.25, -0.2) is 4.90 Å². The average molecular weight is 373 g/mol. The molecule has 4 heteroatoms. The lowest BCUT2D eigenvalue weighted by Gasteiger charge is -2.51. The Bertz CT molecular complexity index is 330. The number of unbranched alkanes of at least 4 members (excludes halogenated alkanes) is 5. The highest BCUT2D eigenvalue weighted by atomic mass is 16.7. The van der Waals surface area contributed by atoms with Crippen molar-refractivity contribution in [3.63, 3.8) is 0 Å². The van der Waals surface area contributed by atoms with Crippen molar-refractivity contribution < 1.29 is 9.47 Å². The number of likely N-dealkylation sites (N-methyl/N-ethyl adjacent to an activating group) is 2. The molecule has 0 fully saturated rings. The molecule has 0 saturated carbocycles. The van der Waals surface area contributed by atoms with Gasteiger partial charge in [0, 0.05) is 32.8 Å². The van der Waals surface area contributed by atoms with Crippen molar-refractivity contribution in [3.8, 4) is 0 Å². The van der Waals surface area contributed by atoms with E-state index in [1.54, 1.807) is 14.2 Å². The first-order valence-corrected chi connectivity index (χ1v) is 11.0. The molecule has 0 amide bonds. The molecule has 0 aromatic heterocycles. The topological polar surface area (TPSA) is 24.9 Å². The van der Waals surface area contributed by atoms with Crippen molar-refractivity contribution in [2.75, 3.05) is 27.3 Å². The third-order valence-electron chi connectivity index (χ3n) is 5.63. The molecule has 0 aliphatic heterocycles. The first-order valence-electron chi connectivity index (χ1n) is 11.0. The lowest BCUT2D eigenvalue weighted by atomic mass is 9.98. The van der Waals surface area contributed by atoms with Crippen LogP contribution in [0.3, 0.4) is 0 Å². The van der Waals surface area contributed by atoms with Crippen molar-refractivity contribution in [2.45, 2.75) is 117 Å². The van der Waals surface area contributed by atoms with E-state index in [1.165, 1.54) is 38.5 Å². The fourth-order valence-corrected chi connectivity index (χ4v) is 4.35. The molecule has 0 aromatic carbocycles. The zero-order valence-electron chi connectivity index (χ0n) is 19.3. The second-order valence-corrected chi connectivity index (χ2v) is 7.92. The van der Waals surface area contributed by atoms with Gasteiger partial charge in [0.05, 0.1) is 6.04 Å². The van der Waals surface area contributed by atoms with E-state index in [0.717, 1.165) is 19.5 Å². The number of nitrogens with zero attached hydrogens (tertiary/aromatic N) is 2. The van der Waals surface area contributed by atoms with Crippen LogP contribution in [-0.4, -0.2) is 61.1 Å². The normalized spacial score (nSPS) is 14.2. The zero-order chi connectivity index (χ0) is 20.2. The molecule has 158 valence electrons. The van der Waals surface area contributed by atoms with Gasteiger partial charge in [0.1, 0.15) is 0 Å². The highest BCUT2D eigenvalue weighted by Crippen LogP contribution is 2.32. The number of ether oxygens (including phenoxy) is 2. The van der Waals surface area contributed by atoms with Crippen LogP contribution in [0.4, 0.5) is 0 Å². The molecule has 1 atom stereocenters. The molecule has 26 heavy (non-hydrogen) atoms. The second kappa shape index (κ2) is 13.9. The molecule has 0 heterocycles. The van der Waals surface area contributed by atoms with E-state index in [4.69, 9.17) is 9.47 Å². The SMILES string of the molecule is CCCCCCCCC(N(CC)C(C)C)C(OC)(OC)N(CC)C(C)C. The van der Waals surface area contributed by atoms with Crippen LogP contribution < -0.4 is 0 Å². The van der Waals surface area contributed by atoms with E-state index in [1.807, 2.05) is 0 Å². The van der Waals surface area contributed by atoms with E-state index in [-0.39, 0.29) is 6.04 Å². The summed E-state index contributed by atoms with van der Waals surface area (Å²) in [4.78, 5) is 4.91. The fraction of sp³-hybridized carbons (Fsp3) is 1.00. The summed E-state index contributed by atoms with van der Waals surface area (Å²) in [7, 11) is 3.61. The van der Waals surface area contributed by atoms with E-state index in [9.17, 15) is 0 Å². The minimum Gasteiger partial charge on any atom is -0.339 e. The van der Waals surface area contributed by atoms with Crippen LogP contribution in [-0.2, 0) is 9.47 Å². The van der Waals surface area contributed by atoms with Crippen LogP contribution in [0.1, 0.15) is 93.4 Å². The summed E-state index contributed by atoms with van der Waals surface area (Å²) in [6.45, 7) is 17.6. The largest absolute Gasteiger partial charge is 0.339 e. The Hall–Kier alpha value is -0.160. The Morgan fingerprint density at radius 2 is 1.27 bits per heavy atom. The third-order valence-corrected chi connectivity index (χ3v) is 5.63. The molecule has 0 aromatic rings. The molecule has 0 N–H and O–H groups in total. The average Bonchev–Trinajstić information content (AvgIpc) is 2.61. The Balaban J connectivity index is 5.47. The van der Waals surface area contributed by atoms with Crippen LogP contribution in [0.25, 0.3) is 0 Å². The molecule has 0 radical (unpaired) electrons. The first-order chi connectivity index (χ1) is 12.4. The van der Waals surface area contributed by atoms with E-state index in [0.29, 0.717) is 12.1 Å². The quantitative estimate of drug-likeness (QED) is 0.263. The summed E-state index contributed by atoms with van der Waals surface area (Å²) < 4.78 is 12.3. The van der Waals surface area contributed by atoms with Gasteiger partial charge in [0.25, 0.3) is 0 Å². The lowest BCUT2D eigenvalue weighted by Crippen LogP contribution is -2.67. The number of rotatable bonds is 16. The van der Waals surface area contributed by atoms with Crippen molar-refractivity contribution in [2.24, 2.45) is 0 Å². The van der Waals surface area contributed by atoms with Gasteiger partial charge in [0.2, 0.25) is 5.91 Å². The minimum absolute atomic E-state index is 0.219. The summed E-state index contributed by atoms with van der Waals surface area (Å²) in [6.07, 6.45) is 8.97. The minimum atomic E-state index is -0.702. The molecule has 0 bridgehead atoms. The molecule has 1 unspecified atom stereocenters.